The minimum Gasteiger partial charge on any atom is -0.477 e. The molecule has 0 bridgehead atoms. The average molecular weight is 217 g/mol. The largest absolute Gasteiger partial charge is 0.477 e. The summed E-state index contributed by atoms with van der Waals surface area (Å²) in [4.78, 5) is 10.7. The highest BCUT2D eigenvalue weighted by Crippen LogP contribution is 2.25. The lowest BCUT2D eigenvalue weighted by Crippen LogP contribution is -2.27. The van der Waals surface area contributed by atoms with E-state index in [-0.39, 0.29) is 17.0 Å². The van der Waals surface area contributed by atoms with E-state index >= 15 is 0 Å². The molecule has 0 aromatic carbocycles. The van der Waals surface area contributed by atoms with Crippen molar-refractivity contribution < 1.29 is 20.1 Å². The Bertz CT molecular complexity index is 325. The molecule has 1 rings (SSSR count). The van der Waals surface area contributed by atoms with Gasteiger partial charge in [-0.15, -0.1) is 11.3 Å². The molecule has 78 valence electrons. The Kier molecular flexibility index (Phi) is 3.59. The van der Waals surface area contributed by atoms with Gasteiger partial charge in [-0.1, -0.05) is 0 Å². The van der Waals surface area contributed by atoms with Crippen LogP contribution in [-0.2, 0) is 0 Å². The topological polar surface area (TPSA) is 104 Å². The average Bonchev–Trinajstić information content (AvgIpc) is 2.63. The molecule has 0 aliphatic rings. The number of rotatable bonds is 4. The quantitative estimate of drug-likeness (QED) is 0.559. The van der Waals surface area contributed by atoms with E-state index in [1.807, 2.05) is 0 Å². The molecule has 0 aliphatic heterocycles. The zero-order valence-electron chi connectivity index (χ0n) is 7.25. The summed E-state index contributed by atoms with van der Waals surface area (Å²) in [7, 11) is 0. The number of carbonyl (C=O) groups is 1. The number of carboxylic acids is 1. The third-order valence-corrected chi connectivity index (χ3v) is 2.73. The van der Waals surface area contributed by atoms with Crippen LogP contribution in [-0.4, -0.2) is 33.9 Å². The van der Waals surface area contributed by atoms with Gasteiger partial charge in [0.05, 0.1) is 6.10 Å². The predicted octanol–water partition coefficient (Wildman–Crippen LogP) is -0.201. The Morgan fingerprint density at radius 3 is 2.71 bits per heavy atom. The number of hydrogen-bond acceptors (Lipinski definition) is 5. The number of aromatic carboxylic acids is 1. The molecule has 1 heterocycles. The van der Waals surface area contributed by atoms with E-state index in [1.165, 1.54) is 6.07 Å². The Hall–Kier alpha value is -0.950. The fraction of sp³-hybridized carbons (Fsp3) is 0.375. The normalized spacial score (nSPS) is 15.1. The van der Waals surface area contributed by atoms with Crippen molar-refractivity contribution in [2.24, 2.45) is 5.73 Å². The summed E-state index contributed by atoms with van der Waals surface area (Å²) in [5, 5.41) is 29.1. The number of nitrogens with two attached hydrogens (primary N) is 1. The maximum absolute atomic E-state index is 10.7. The molecule has 0 fully saturated rings. The van der Waals surface area contributed by atoms with Crippen LogP contribution in [0.2, 0.25) is 0 Å². The van der Waals surface area contributed by atoms with Crippen molar-refractivity contribution in [2.75, 3.05) is 6.54 Å². The van der Waals surface area contributed by atoms with E-state index < -0.39 is 18.2 Å². The van der Waals surface area contributed by atoms with Crippen molar-refractivity contribution in [3.8, 4) is 0 Å². The van der Waals surface area contributed by atoms with E-state index in [0.29, 0.717) is 0 Å². The van der Waals surface area contributed by atoms with Crippen LogP contribution in [0.4, 0.5) is 0 Å². The molecule has 6 heteroatoms. The van der Waals surface area contributed by atoms with Crippen LogP contribution < -0.4 is 5.73 Å². The second-order valence-corrected chi connectivity index (χ2v) is 3.67. The van der Waals surface area contributed by atoms with Gasteiger partial charge in [0.15, 0.2) is 0 Å². The first-order valence-electron chi connectivity index (χ1n) is 3.94. The number of aliphatic hydroxyl groups is 2. The molecule has 1 aromatic rings. The minimum atomic E-state index is -1.24. The van der Waals surface area contributed by atoms with Gasteiger partial charge in [-0.2, -0.15) is 0 Å². The van der Waals surface area contributed by atoms with Crippen LogP contribution in [0.5, 0.6) is 0 Å². The highest BCUT2D eigenvalue weighted by atomic mass is 32.1. The predicted molar refractivity (Wildman–Crippen MR) is 51.3 cm³/mol. The Labute approximate surface area is 84.4 Å². The third kappa shape index (κ3) is 2.10. The van der Waals surface area contributed by atoms with E-state index in [1.54, 1.807) is 5.38 Å². The van der Waals surface area contributed by atoms with Gasteiger partial charge in [-0.05, 0) is 11.4 Å². The Morgan fingerprint density at radius 1 is 1.57 bits per heavy atom. The summed E-state index contributed by atoms with van der Waals surface area (Å²) in [5.74, 6) is -1.11. The molecule has 0 saturated carbocycles. The van der Waals surface area contributed by atoms with Crippen molar-refractivity contribution in [3.63, 3.8) is 0 Å². The molecule has 0 amide bonds. The molecule has 5 N–H and O–H groups in total. The maximum Gasteiger partial charge on any atom is 0.346 e. The molecule has 2 atom stereocenters. The Morgan fingerprint density at radius 2 is 2.21 bits per heavy atom. The lowest BCUT2D eigenvalue weighted by molar-refractivity contribution is 0.0235. The number of carboxylic acid groups (broad SMARTS) is 1. The summed E-state index contributed by atoms with van der Waals surface area (Å²) in [5.41, 5.74) is 5.36. The summed E-state index contributed by atoms with van der Waals surface area (Å²) < 4.78 is 0. The third-order valence-electron chi connectivity index (χ3n) is 1.81. The van der Waals surface area contributed by atoms with Crippen molar-refractivity contribution in [3.05, 3.63) is 21.9 Å². The lowest BCUT2D eigenvalue weighted by atomic mass is 10.1. The number of hydrogen-bond donors (Lipinski definition) is 4. The monoisotopic (exact) mass is 217 g/mol. The zero-order chi connectivity index (χ0) is 10.7. The molecule has 1 aromatic heterocycles. The first-order chi connectivity index (χ1) is 6.57. The molecular weight excluding hydrogens is 206 g/mol. The zero-order valence-corrected chi connectivity index (χ0v) is 8.07. The molecule has 0 radical (unpaired) electrons. The highest BCUT2D eigenvalue weighted by Gasteiger charge is 2.23. The van der Waals surface area contributed by atoms with Gasteiger partial charge in [0.2, 0.25) is 0 Å². The molecule has 0 aliphatic carbocycles. The summed E-state index contributed by atoms with van der Waals surface area (Å²) in [6.07, 6.45) is -2.37. The van der Waals surface area contributed by atoms with Crippen LogP contribution in [0.15, 0.2) is 11.4 Å². The van der Waals surface area contributed by atoms with Gasteiger partial charge in [0.1, 0.15) is 11.0 Å². The van der Waals surface area contributed by atoms with Crippen LogP contribution in [0, 0.1) is 0 Å². The van der Waals surface area contributed by atoms with Crippen molar-refractivity contribution in [1.29, 1.82) is 0 Å². The molecule has 2 unspecified atom stereocenters. The number of aliphatic hydroxyl groups excluding tert-OH is 2. The van der Waals surface area contributed by atoms with Crippen LogP contribution in [0.25, 0.3) is 0 Å². The SMILES string of the molecule is NCC(O)C(O)c1ccsc1C(=O)O. The van der Waals surface area contributed by atoms with Gasteiger partial charge in [0, 0.05) is 12.1 Å². The lowest BCUT2D eigenvalue weighted by Gasteiger charge is -2.15. The summed E-state index contributed by atoms with van der Waals surface area (Å²) in [6, 6.07) is 1.47. The fourth-order valence-corrected chi connectivity index (χ4v) is 1.84. The van der Waals surface area contributed by atoms with E-state index in [2.05, 4.69) is 0 Å². The van der Waals surface area contributed by atoms with Crippen LogP contribution in [0.3, 0.4) is 0 Å². The van der Waals surface area contributed by atoms with E-state index in [0.717, 1.165) is 11.3 Å². The van der Waals surface area contributed by atoms with Crippen LogP contribution >= 0.6 is 11.3 Å². The molecule has 0 saturated heterocycles. The van der Waals surface area contributed by atoms with Gasteiger partial charge in [-0.25, -0.2) is 4.79 Å². The summed E-state index contributed by atoms with van der Waals surface area (Å²) >= 11 is 1.00. The van der Waals surface area contributed by atoms with Gasteiger partial charge in [0.25, 0.3) is 0 Å². The second kappa shape index (κ2) is 4.52. The summed E-state index contributed by atoms with van der Waals surface area (Å²) in [6.45, 7) is -0.115. The smallest absolute Gasteiger partial charge is 0.346 e. The van der Waals surface area contributed by atoms with Crippen molar-refractivity contribution in [2.45, 2.75) is 12.2 Å². The van der Waals surface area contributed by atoms with Gasteiger partial charge in [-0.3, -0.25) is 0 Å². The van der Waals surface area contributed by atoms with Gasteiger partial charge < -0.3 is 21.1 Å². The second-order valence-electron chi connectivity index (χ2n) is 2.76. The highest BCUT2D eigenvalue weighted by molar-refractivity contribution is 7.12. The Balaban J connectivity index is 2.94. The first kappa shape index (κ1) is 11.1. The van der Waals surface area contributed by atoms with E-state index in [4.69, 9.17) is 10.8 Å². The number of thiophene rings is 1. The molecule has 14 heavy (non-hydrogen) atoms. The first-order valence-corrected chi connectivity index (χ1v) is 4.82. The molecule has 5 nitrogen and oxygen atoms in total. The minimum absolute atomic E-state index is 0.0324. The molecular formula is C8H11NO4S. The van der Waals surface area contributed by atoms with Crippen molar-refractivity contribution >= 4 is 17.3 Å². The van der Waals surface area contributed by atoms with Gasteiger partial charge >= 0.3 is 5.97 Å². The standard InChI is InChI=1S/C8H11NO4S/c9-3-5(10)6(11)4-1-2-14-7(4)8(12)13/h1-2,5-6,10-11H,3,9H2,(H,12,13). The van der Waals surface area contributed by atoms with Crippen molar-refractivity contribution in [1.82, 2.24) is 0 Å². The maximum atomic E-state index is 10.7. The molecule has 0 spiro atoms. The fourth-order valence-electron chi connectivity index (χ4n) is 1.06. The van der Waals surface area contributed by atoms with E-state index in [9.17, 15) is 15.0 Å². The van der Waals surface area contributed by atoms with Crippen LogP contribution in [0.1, 0.15) is 21.3 Å².